The van der Waals surface area contributed by atoms with E-state index in [1.54, 1.807) is 14.2 Å². The van der Waals surface area contributed by atoms with Crippen molar-refractivity contribution in [2.45, 2.75) is 19.4 Å². The summed E-state index contributed by atoms with van der Waals surface area (Å²) in [6.45, 7) is 1.43. The molecule has 0 N–H and O–H groups in total. The van der Waals surface area contributed by atoms with E-state index in [0.717, 1.165) is 22.6 Å². The van der Waals surface area contributed by atoms with Crippen LogP contribution in [-0.2, 0) is 9.59 Å². The SMILES string of the molecule is COc1cccc(C2=NN(C(=O)CN(C)C(C)=O)C(c3ccccc3)C2)c1. The minimum atomic E-state index is -0.209. The highest BCUT2D eigenvalue weighted by atomic mass is 16.5. The molecule has 6 heteroatoms. The lowest BCUT2D eigenvalue weighted by molar-refractivity contribution is -0.139. The van der Waals surface area contributed by atoms with Crippen LogP contribution < -0.4 is 4.74 Å². The number of rotatable bonds is 5. The molecular weight excluding hydrogens is 342 g/mol. The van der Waals surface area contributed by atoms with Crippen LogP contribution in [0.1, 0.15) is 30.5 Å². The minimum Gasteiger partial charge on any atom is -0.497 e. The molecule has 6 nitrogen and oxygen atoms in total. The van der Waals surface area contributed by atoms with Gasteiger partial charge in [0, 0.05) is 26.0 Å². The maximum atomic E-state index is 12.8. The van der Waals surface area contributed by atoms with Gasteiger partial charge in [-0.15, -0.1) is 0 Å². The molecule has 0 aromatic heterocycles. The molecule has 0 spiro atoms. The van der Waals surface area contributed by atoms with Crippen molar-refractivity contribution in [3.8, 4) is 5.75 Å². The van der Waals surface area contributed by atoms with E-state index in [0.29, 0.717) is 6.42 Å². The van der Waals surface area contributed by atoms with E-state index in [4.69, 9.17) is 4.74 Å². The standard InChI is InChI=1S/C21H23N3O3/c1-15(25)23(2)14-21(26)24-20(16-8-5-4-6-9-16)13-19(22-24)17-10-7-11-18(12-17)27-3/h4-12,20H,13-14H2,1-3H3. The van der Waals surface area contributed by atoms with Crippen LogP contribution in [-0.4, -0.2) is 48.1 Å². The molecule has 0 saturated carbocycles. The zero-order chi connectivity index (χ0) is 19.4. The van der Waals surface area contributed by atoms with Crippen molar-refractivity contribution in [3.05, 3.63) is 65.7 Å². The molecule has 0 saturated heterocycles. The smallest absolute Gasteiger partial charge is 0.262 e. The summed E-state index contributed by atoms with van der Waals surface area (Å²) < 4.78 is 5.30. The lowest BCUT2D eigenvalue weighted by atomic mass is 9.98. The number of hydrazone groups is 1. The number of ether oxygens (including phenoxy) is 1. The Morgan fingerprint density at radius 3 is 2.59 bits per heavy atom. The summed E-state index contributed by atoms with van der Waals surface area (Å²) in [4.78, 5) is 25.7. The predicted octanol–water partition coefficient (Wildman–Crippen LogP) is 2.85. The highest BCUT2D eigenvalue weighted by Crippen LogP contribution is 2.33. The van der Waals surface area contributed by atoms with Gasteiger partial charge in [0.05, 0.1) is 18.9 Å². The zero-order valence-electron chi connectivity index (χ0n) is 15.8. The van der Waals surface area contributed by atoms with Crippen LogP contribution in [0.15, 0.2) is 59.7 Å². The third-order valence-corrected chi connectivity index (χ3v) is 4.66. The topological polar surface area (TPSA) is 62.2 Å². The molecule has 1 heterocycles. The fraction of sp³-hybridized carbons (Fsp3) is 0.286. The van der Waals surface area contributed by atoms with Gasteiger partial charge >= 0.3 is 0 Å². The monoisotopic (exact) mass is 365 g/mol. The average molecular weight is 365 g/mol. The van der Waals surface area contributed by atoms with Gasteiger partial charge in [-0.1, -0.05) is 42.5 Å². The summed E-state index contributed by atoms with van der Waals surface area (Å²) in [5.41, 5.74) is 2.75. The van der Waals surface area contributed by atoms with Gasteiger partial charge in [0.2, 0.25) is 5.91 Å². The molecule has 2 amide bonds. The molecule has 1 unspecified atom stereocenters. The van der Waals surface area contributed by atoms with Crippen molar-refractivity contribution in [2.24, 2.45) is 5.10 Å². The van der Waals surface area contributed by atoms with Crippen molar-refractivity contribution < 1.29 is 14.3 Å². The third kappa shape index (κ3) is 4.16. The number of hydrogen-bond acceptors (Lipinski definition) is 4. The molecule has 1 atom stereocenters. The summed E-state index contributed by atoms with van der Waals surface area (Å²) in [5.74, 6) is 0.378. The number of carbonyl (C=O) groups is 2. The molecule has 0 bridgehead atoms. The largest absolute Gasteiger partial charge is 0.497 e. The lowest BCUT2D eigenvalue weighted by Crippen LogP contribution is -2.38. The van der Waals surface area contributed by atoms with Crippen LogP contribution in [0.3, 0.4) is 0 Å². The van der Waals surface area contributed by atoms with Gasteiger partial charge in [0.25, 0.3) is 5.91 Å². The number of benzene rings is 2. The van der Waals surface area contributed by atoms with Gasteiger partial charge in [0.15, 0.2) is 0 Å². The van der Waals surface area contributed by atoms with Crippen LogP contribution in [0.5, 0.6) is 5.75 Å². The van der Waals surface area contributed by atoms with Crippen LogP contribution >= 0.6 is 0 Å². The highest BCUT2D eigenvalue weighted by molar-refractivity contribution is 6.03. The third-order valence-electron chi connectivity index (χ3n) is 4.66. The van der Waals surface area contributed by atoms with E-state index in [1.807, 2.05) is 54.6 Å². The Bertz CT molecular complexity index is 864. The Balaban J connectivity index is 1.92. The lowest BCUT2D eigenvalue weighted by Gasteiger charge is -2.24. The molecular formula is C21H23N3O3. The Kier molecular flexibility index (Phi) is 5.54. The number of likely N-dealkylation sites (N-methyl/N-ethyl adjacent to an activating group) is 1. The molecule has 2 aromatic rings. The zero-order valence-corrected chi connectivity index (χ0v) is 15.8. The van der Waals surface area contributed by atoms with Crippen LogP contribution in [0.4, 0.5) is 0 Å². The number of methoxy groups -OCH3 is 1. The van der Waals surface area contributed by atoms with Crippen molar-refractivity contribution in [1.29, 1.82) is 0 Å². The summed E-state index contributed by atoms with van der Waals surface area (Å²) in [7, 11) is 3.23. The first-order valence-corrected chi connectivity index (χ1v) is 8.80. The summed E-state index contributed by atoms with van der Waals surface area (Å²) >= 11 is 0. The van der Waals surface area contributed by atoms with Crippen molar-refractivity contribution in [3.63, 3.8) is 0 Å². The van der Waals surface area contributed by atoms with E-state index >= 15 is 0 Å². The first kappa shape index (κ1) is 18.6. The van der Waals surface area contributed by atoms with Gasteiger partial charge < -0.3 is 9.64 Å². The quantitative estimate of drug-likeness (QED) is 0.818. The second-order valence-corrected chi connectivity index (χ2v) is 6.52. The maximum Gasteiger partial charge on any atom is 0.262 e. The van der Waals surface area contributed by atoms with Crippen LogP contribution in [0.2, 0.25) is 0 Å². The Morgan fingerprint density at radius 1 is 1.19 bits per heavy atom. The van der Waals surface area contributed by atoms with Crippen LogP contribution in [0.25, 0.3) is 0 Å². The van der Waals surface area contributed by atoms with E-state index in [2.05, 4.69) is 5.10 Å². The first-order chi connectivity index (χ1) is 13.0. The van der Waals surface area contributed by atoms with E-state index in [9.17, 15) is 9.59 Å². The normalized spacial score (nSPS) is 16.0. The molecule has 0 fully saturated rings. The molecule has 2 aromatic carbocycles. The fourth-order valence-corrected chi connectivity index (χ4v) is 3.04. The van der Waals surface area contributed by atoms with Gasteiger partial charge in [-0.05, 0) is 17.7 Å². The van der Waals surface area contributed by atoms with Gasteiger partial charge in [-0.3, -0.25) is 9.59 Å². The Hall–Kier alpha value is -3.15. The Labute approximate surface area is 159 Å². The van der Waals surface area contributed by atoms with E-state index in [1.165, 1.54) is 16.8 Å². The van der Waals surface area contributed by atoms with Gasteiger partial charge in [-0.25, -0.2) is 5.01 Å². The fourth-order valence-electron chi connectivity index (χ4n) is 3.04. The second-order valence-electron chi connectivity index (χ2n) is 6.52. The minimum absolute atomic E-state index is 0.00639. The maximum absolute atomic E-state index is 12.8. The molecule has 140 valence electrons. The van der Waals surface area contributed by atoms with E-state index in [-0.39, 0.29) is 24.4 Å². The molecule has 0 radical (unpaired) electrons. The number of nitrogens with zero attached hydrogens (tertiary/aromatic N) is 3. The molecule has 1 aliphatic heterocycles. The average Bonchev–Trinajstić information content (AvgIpc) is 3.14. The van der Waals surface area contributed by atoms with Crippen LogP contribution in [0, 0.1) is 0 Å². The van der Waals surface area contributed by atoms with Crippen molar-refractivity contribution in [2.75, 3.05) is 20.7 Å². The summed E-state index contributed by atoms with van der Waals surface area (Å²) in [5, 5.41) is 6.11. The highest BCUT2D eigenvalue weighted by Gasteiger charge is 2.33. The number of carbonyl (C=O) groups excluding carboxylic acids is 2. The molecule has 0 aliphatic carbocycles. The second kappa shape index (κ2) is 8.03. The van der Waals surface area contributed by atoms with Gasteiger partial charge in [-0.2, -0.15) is 5.10 Å². The Morgan fingerprint density at radius 2 is 1.93 bits per heavy atom. The molecule has 27 heavy (non-hydrogen) atoms. The number of amides is 2. The predicted molar refractivity (Wildman–Crippen MR) is 103 cm³/mol. The van der Waals surface area contributed by atoms with Crippen molar-refractivity contribution in [1.82, 2.24) is 9.91 Å². The van der Waals surface area contributed by atoms with Gasteiger partial charge in [0.1, 0.15) is 12.3 Å². The first-order valence-electron chi connectivity index (χ1n) is 8.80. The summed E-state index contributed by atoms with van der Waals surface area (Å²) in [6, 6.07) is 17.3. The number of hydrogen-bond donors (Lipinski definition) is 0. The van der Waals surface area contributed by atoms with E-state index < -0.39 is 0 Å². The molecule has 3 rings (SSSR count). The van der Waals surface area contributed by atoms with Crippen molar-refractivity contribution >= 4 is 17.5 Å². The summed E-state index contributed by atoms with van der Waals surface area (Å²) in [6.07, 6.45) is 0.604. The molecule has 1 aliphatic rings.